The second kappa shape index (κ2) is 4.71. The molecule has 2 aliphatic heterocycles. The third-order valence-electron chi connectivity index (χ3n) is 4.88. The first-order valence-corrected chi connectivity index (χ1v) is 7.74. The van der Waals surface area contributed by atoms with E-state index in [-0.39, 0.29) is 12.1 Å². The average Bonchev–Trinajstić information content (AvgIpc) is 2.80. The van der Waals surface area contributed by atoms with Crippen LogP contribution in [0.15, 0.2) is 22.3 Å². The quantitative estimate of drug-likeness (QED) is 0.585. The van der Waals surface area contributed by atoms with Gasteiger partial charge < -0.3 is 18.6 Å². The van der Waals surface area contributed by atoms with Crippen molar-refractivity contribution < 1.29 is 28.2 Å². The average molecular weight is 318 g/mol. The first-order chi connectivity index (χ1) is 10.9. The minimum Gasteiger partial charge on any atom is -0.465 e. The second-order valence-electron chi connectivity index (χ2n) is 6.53. The summed E-state index contributed by atoms with van der Waals surface area (Å²) in [6.07, 6.45) is 3.46. The molecule has 23 heavy (non-hydrogen) atoms. The number of carbonyl (C=O) groups excluding carboxylic acids is 2. The molecule has 122 valence electrons. The number of esters is 2. The van der Waals surface area contributed by atoms with Crippen molar-refractivity contribution in [1.82, 2.24) is 0 Å². The molecule has 0 radical (unpaired) electrons. The van der Waals surface area contributed by atoms with Crippen molar-refractivity contribution in [2.45, 2.75) is 57.5 Å². The van der Waals surface area contributed by atoms with Crippen molar-refractivity contribution in [2.24, 2.45) is 0 Å². The molecule has 3 heterocycles. The maximum absolute atomic E-state index is 12.0. The summed E-state index contributed by atoms with van der Waals surface area (Å²) >= 11 is 0. The highest BCUT2D eigenvalue weighted by Gasteiger charge is 2.61. The lowest BCUT2D eigenvalue weighted by molar-refractivity contribution is -0.151. The minimum absolute atomic E-state index is 0.0871. The van der Waals surface area contributed by atoms with Crippen LogP contribution >= 0.6 is 0 Å². The highest BCUT2D eigenvalue weighted by Crippen LogP contribution is 2.53. The Morgan fingerprint density at radius 3 is 2.96 bits per heavy atom. The monoisotopic (exact) mass is 318 g/mol. The first kappa shape index (κ1) is 14.5. The molecule has 1 fully saturated rings. The van der Waals surface area contributed by atoms with Crippen LogP contribution < -0.4 is 0 Å². The standard InChI is InChI=1S/C17H18O6/c1-8-7-20-14-13(8)11-6-10(16(19)22-11)4-5-12-17(3,23-12)15(14)21-9(2)18/h6-7,11-12,15H,4-5H2,1-3H3/t11-,12-,15+,17+/m0/s1. The number of aryl methyl sites for hydroxylation is 1. The van der Waals surface area contributed by atoms with Crippen LogP contribution in [0.25, 0.3) is 0 Å². The fourth-order valence-electron chi connectivity index (χ4n) is 3.58. The molecule has 1 aliphatic carbocycles. The third-order valence-corrected chi connectivity index (χ3v) is 4.88. The van der Waals surface area contributed by atoms with E-state index in [4.69, 9.17) is 18.6 Å². The van der Waals surface area contributed by atoms with Gasteiger partial charge in [-0.3, -0.25) is 4.79 Å². The van der Waals surface area contributed by atoms with Crippen molar-refractivity contribution in [2.75, 3.05) is 0 Å². The van der Waals surface area contributed by atoms with E-state index in [0.29, 0.717) is 24.2 Å². The first-order valence-electron chi connectivity index (χ1n) is 7.74. The number of fused-ring (bicyclic) bond motifs is 4. The number of ether oxygens (including phenoxy) is 3. The van der Waals surface area contributed by atoms with Gasteiger partial charge in [-0.2, -0.15) is 0 Å². The SMILES string of the molecule is CC(=O)O[C@@H]1c2occ(C)c2[C@@H]2C=C(CC[C@@H]3O[C@]31C)C(=O)O2. The molecule has 6 heteroatoms. The summed E-state index contributed by atoms with van der Waals surface area (Å²) < 4.78 is 22.6. The molecule has 1 aromatic heterocycles. The molecule has 0 aromatic carbocycles. The van der Waals surface area contributed by atoms with Crippen LogP contribution in [-0.2, 0) is 23.8 Å². The fourth-order valence-corrected chi connectivity index (χ4v) is 3.58. The van der Waals surface area contributed by atoms with Gasteiger partial charge in [-0.15, -0.1) is 0 Å². The number of epoxide rings is 1. The van der Waals surface area contributed by atoms with Gasteiger partial charge in [0.2, 0.25) is 0 Å². The number of rotatable bonds is 1. The lowest BCUT2D eigenvalue weighted by atomic mass is 9.89. The van der Waals surface area contributed by atoms with Gasteiger partial charge in [0, 0.05) is 18.1 Å². The molecule has 0 unspecified atom stereocenters. The molecule has 0 amide bonds. The van der Waals surface area contributed by atoms with Crippen LogP contribution in [0.2, 0.25) is 0 Å². The molecule has 0 spiro atoms. The molecule has 4 rings (SSSR count). The third kappa shape index (κ3) is 2.12. The molecular weight excluding hydrogens is 300 g/mol. The molecular formula is C17H18O6. The van der Waals surface area contributed by atoms with Crippen LogP contribution in [0.3, 0.4) is 0 Å². The maximum Gasteiger partial charge on any atom is 0.334 e. The Balaban J connectivity index is 1.85. The molecule has 0 saturated carbocycles. The Hall–Kier alpha value is -2.08. The van der Waals surface area contributed by atoms with Crippen LogP contribution in [0.4, 0.5) is 0 Å². The highest BCUT2D eigenvalue weighted by molar-refractivity contribution is 5.91. The van der Waals surface area contributed by atoms with E-state index in [0.717, 1.165) is 11.1 Å². The fraction of sp³-hybridized carbons (Fsp3) is 0.529. The van der Waals surface area contributed by atoms with Gasteiger partial charge in [0.15, 0.2) is 18.0 Å². The molecule has 2 bridgehead atoms. The zero-order valence-electron chi connectivity index (χ0n) is 13.3. The predicted octanol–water partition coefficient (Wildman–Crippen LogP) is 2.67. The van der Waals surface area contributed by atoms with E-state index < -0.39 is 23.8 Å². The van der Waals surface area contributed by atoms with Crippen LogP contribution in [0, 0.1) is 6.92 Å². The molecule has 1 saturated heterocycles. The van der Waals surface area contributed by atoms with Gasteiger partial charge in [0.05, 0.1) is 12.4 Å². The second-order valence-corrected chi connectivity index (χ2v) is 6.53. The van der Waals surface area contributed by atoms with Crippen molar-refractivity contribution >= 4 is 11.9 Å². The minimum atomic E-state index is -0.650. The Labute approximate surface area is 133 Å². The zero-order chi connectivity index (χ0) is 16.4. The van der Waals surface area contributed by atoms with E-state index in [1.807, 2.05) is 19.9 Å². The summed E-state index contributed by atoms with van der Waals surface area (Å²) in [6, 6.07) is 0. The van der Waals surface area contributed by atoms with Crippen molar-refractivity contribution in [3.05, 3.63) is 34.8 Å². The van der Waals surface area contributed by atoms with Gasteiger partial charge in [-0.1, -0.05) is 0 Å². The number of hydrogen-bond acceptors (Lipinski definition) is 6. The van der Waals surface area contributed by atoms with Crippen LogP contribution in [0.5, 0.6) is 0 Å². The summed E-state index contributed by atoms with van der Waals surface area (Å²) in [7, 11) is 0. The lowest BCUT2D eigenvalue weighted by Gasteiger charge is -2.22. The Bertz CT molecular complexity index is 729. The normalized spacial score (nSPS) is 34.8. The summed E-state index contributed by atoms with van der Waals surface area (Å²) in [5.41, 5.74) is 1.64. The number of hydrogen-bond donors (Lipinski definition) is 0. The molecule has 3 aliphatic rings. The molecule has 0 N–H and O–H groups in total. The lowest BCUT2D eigenvalue weighted by Crippen LogP contribution is -2.27. The Morgan fingerprint density at radius 2 is 2.22 bits per heavy atom. The Morgan fingerprint density at radius 1 is 1.43 bits per heavy atom. The van der Waals surface area contributed by atoms with Gasteiger partial charge in [-0.05, 0) is 38.3 Å². The van der Waals surface area contributed by atoms with Crippen molar-refractivity contribution in [3.8, 4) is 0 Å². The van der Waals surface area contributed by atoms with E-state index in [9.17, 15) is 9.59 Å². The van der Waals surface area contributed by atoms with Crippen LogP contribution in [0.1, 0.15) is 55.8 Å². The largest absolute Gasteiger partial charge is 0.465 e. The smallest absolute Gasteiger partial charge is 0.334 e. The topological polar surface area (TPSA) is 78.3 Å². The molecule has 4 atom stereocenters. The summed E-state index contributed by atoms with van der Waals surface area (Å²) in [5, 5.41) is 0. The molecule has 6 nitrogen and oxygen atoms in total. The summed E-state index contributed by atoms with van der Waals surface area (Å²) in [4.78, 5) is 23.6. The zero-order valence-corrected chi connectivity index (χ0v) is 13.3. The van der Waals surface area contributed by atoms with Crippen molar-refractivity contribution in [1.29, 1.82) is 0 Å². The van der Waals surface area contributed by atoms with E-state index in [1.54, 1.807) is 6.26 Å². The summed E-state index contributed by atoms with van der Waals surface area (Å²) in [6.45, 7) is 5.16. The van der Waals surface area contributed by atoms with E-state index >= 15 is 0 Å². The summed E-state index contributed by atoms with van der Waals surface area (Å²) in [5.74, 6) is -0.197. The van der Waals surface area contributed by atoms with E-state index in [2.05, 4.69) is 0 Å². The molecule has 1 aromatic rings. The number of carbonyl (C=O) groups is 2. The predicted molar refractivity (Wildman–Crippen MR) is 77.4 cm³/mol. The maximum atomic E-state index is 12.0. The highest BCUT2D eigenvalue weighted by atomic mass is 16.7. The Kier molecular flexibility index (Phi) is 2.97. The van der Waals surface area contributed by atoms with Gasteiger partial charge in [0.1, 0.15) is 5.60 Å². The van der Waals surface area contributed by atoms with Crippen molar-refractivity contribution in [3.63, 3.8) is 0 Å². The van der Waals surface area contributed by atoms with Gasteiger partial charge in [0.25, 0.3) is 0 Å². The van der Waals surface area contributed by atoms with Crippen LogP contribution in [-0.4, -0.2) is 23.6 Å². The number of furan rings is 1. The van der Waals surface area contributed by atoms with E-state index in [1.165, 1.54) is 6.92 Å². The van der Waals surface area contributed by atoms with Gasteiger partial charge >= 0.3 is 11.9 Å². The van der Waals surface area contributed by atoms with Gasteiger partial charge in [-0.25, -0.2) is 4.79 Å².